The molecule has 2 atom stereocenters. The van der Waals surface area contributed by atoms with Gasteiger partial charge in [-0.3, -0.25) is 4.55 Å². The molecule has 0 radical (unpaired) electrons. The number of furan rings is 1. The van der Waals surface area contributed by atoms with Crippen molar-refractivity contribution in [2.75, 3.05) is 6.54 Å². The molecule has 2 aliphatic heterocycles. The molecule has 0 aliphatic carbocycles. The van der Waals surface area contributed by atoms with E-state index in [0.717, 1.165) is 4.90 Å². The standard InChI is InChI=1S/C9H9N3O7S.Na/c10-8(13)6-7-4(1-2-18-7)5-3-11(6)9(14)12(5)19-20(15,16)17;/h1-2,5-6H,3H2,(H3,10,13,15,16,17);/q;+1/p-1/t5-,6+;/m1./s1. The first kappa shape index (κ1) is 16.3. The van der Waals surface area contributed by atoms with Crippen molar-refractivity contribution in [2.45, 2.75) is 12.1 Å². The largest absolute Gasteiger partial charge is 1.00 e. The van der Waals surface area contributed by atoms with Crippen molar-refractivity contribution >= 4 is 22.3 Å². The van der Waals surface area contributed by atoms with Gasteiger partial charge in [-0.25, -0.2) is 4.79 Å². The summed E-state index contributed by atoms with van der Waals surface area (Å²) in [6, 6.07) is -1.58. The second-order valence-corrected chi connectivity index (χ2v) is 5.29. The van der Waals surface area contributed by atoms with E-state index in [1.54, 1.807) is 0 Å². The van der Waals surface area contributed by atoms with Crippen LogP contribution in [0.2, 0.25) is 0 Å². The summed E-state index contributed by atoms with van der Waals surface area (Å²) in [5, 5.41) is 0.451. The molecular formula is C9H8N3NaO7S. The summed E-state index contributed by atoms with van der Waals surface area (Å²) in [5.41, 5.74) is 7.57. The van der Waals surface area contributed by atoms with Gasteiger partial charge in [-0.2, -0.15) is 13.5 Å². The Morgan fingerprint density at radius 1 is 1.52 bits per heavy atom. The minimum absolute atomic E-state index is 0. The number of hydrogen-bond donors (Lipinski definition) is 1. The third-order valence-corrected chi connectivity index (χ3v) is 3.50. The van der Waals surface area contributed by atoms with E-state index in [2.05, 4.69) is 4.28 Å². The Morgan fingerprint density at radius 3 is 2.76 bits per heavy atom. The molecule has 0 aromatic carbocycles. The zero-order chi connectivity index (χ0) is 14.7. The zero-order valence-corrected chi connectivity index (χ0v) is 13.5. The molecule has 21 heavy (non-hydrogen) atoms. The first-order chi connectivity index (χ1) is 9.29. The molecule has 0 spiro atoms. The van der Waals surface area contributed by atoms with Crippen molar-refractivity contribution in [1.82, 2.24) is 9.96 Å². The normalized spacial score (nSPS) is 23.8. The summed E-state index contributed by atoms with van der Waals surface area (Å²) in [6.45, 7) is -0.0455. The molecule has 2 bridgehead atoms. The predicted octanol–water partition coefficient (Wildman–Crippen LogP) is -2.57. The fourth-order valence-electron chi connectivity index (χ4n) is 2.45. The van der Waals surface area contributed by atoms with E-state index in [1.807, 2.05) is 0 Å². The van der Waals surface area contributed by atoms with Crippen molar-refractivity contribution in [3.05, 3.63) is 29.4 Å². The van der Waals surface area contributed by atoms with E-state index in [0.29, 0.717) is 10.6 Å². The van der Waals surface area contributed by atoms with E-state index < -0.39 is 34.4 Å². The number of carbonyl (C=O) groups excluding carboxylic acids is 2. The molecular weight excluding hydrogens is 317 g/mol. The van der Waals surface area contributed by atoms with Crippen LogP contribution in [0.3, 0.4) is 0 Å². The Labute approximate surface area is 141 Å². The Morgan fingerprint density at radius 2 is 2.19 bits per heavy atom. The van der Waals surface area contributed by atoms with Crippen LogP contribution in [0.5, 0.6) is 0 Å². The molecule has 12 heteroatoms. The molecule has 3 amide bonds. The Hall–Kier alpha value is -1.11. The molecule has 3 heterocycles. The van der Waals surface area contributed by atoms with Gasteiger partial charge in [0.15, 0.2) is 0 Å². The van der Waals surface area contributed by atoms with Gasteiger partial charge in [0.2, 0.25) is 0 Å². The van der Waals surface area contributed by atoms with Gasteiger partial charge in [-0.15, -0.1) is 4.28 Å². The summed E-state index contributed by atoms with van der Waals surface area (Å²) < 4.78 is 39.6. The molecule has 0 saturated carbocycles. The molecule has 3 rings (SSSR count). The van der Waals surface area contributed by atoms with Gasteiger partial charge in [-0.1, -0.05) is 0 Å². The minimum Gasteiger partial charge on any atom is -0.666 e. The third kappa shape index (κ3) is 2.56. The summed E-state index contributed by atoms with van der Waals surface area (Å²) >= 11 is 0. The Balaban J connectivity index is 0.00000161. The van der Waals surface area contributed by atoms with E-state index in [-0.39, 0.29) is 41.9 Å². The topological polar surface area (TPSA) is 141 Å². The van der Waals surface area contributed by atoms with Crippen molar-refractivity contribution in [2.24, 2.45) is 0 Å². The Kier molecular flexibility index (Phi) is 4.08. The maximum absolute atomic E-state index is 12.0. The van der Waals surface area contributed by atoms with Crippen LogP contribution >= 0.6 is 0 Å². The molecule has 1 aromatic rings. The summed E-state index contributed by atoms with van der Waals surface area (Å²) in [6.07, 6.45) is 1.26. The van der Waals surface area contributed by atoms with Crippen molar-refractivity contribution < 1.29 is 60.8 Å². The molecule has 108 valence electrons. The fourth-order valence-corrected chi connectivity index (χ4v) is 2.83. The van der Waals surface area contributed by atoms with E-state index in [9.17, 15) is 18.0 Å². The second kappa shape index (κ2) is 5.26. The van der Waals surface area contributed by atoms with Gasteiger partial charge in [0, 0.05) is 5.56 Å². The van der Waals surface area contributed by atoms with Crippen LogP contribution in [0.15, 0.2) is 16.7 Å². The molecule has 1 fully saturated rings. The van der Waals surface area contributed by atoms with Gasteiger partial charge >= 0.3 is 46.0 Å². The van der Waals surface area contributed by atoms with E-state index in [1.165, 1.54) is 12.3 Å². The van der Waals surface area contributed by atoms with Crippen molar-refractivity contribution in [3.8, 4) is 0 Å². The fraction of sp³-hybridized carbons (Fsp3) is 0.333. The number of nitrogens with one attached hydrogen (secondary N) is 1. The maximum Gasteiger partial charge on any atom is 1.00 e. The van der Waals surface area contributed by atoms with Crippen LogP contribution in [0.1, 0.15) is 23.4 Å². The first-order valence-corrected chi connectivity index (χ1v) is 6.75. The van der Waals surface area contributed by atoms with E-state index >= 15 is 0 Å². The Bertz CT molecular complexity index is 702. The maximum atomic E-state index is 12.0. The smallest absolute Gasteiger partial charge is 0.666 e. The predicted molar refractivity (Wildman–Crippen MR) is 60.1 cm³/mol. The number of hydroxylamine groups is 2. The summed E-state index contributed by atoms with van der Waals surface area (Å²) in [4.78, 5) is 24.3. The number of fused-ring (bicyclic) bond motifs is 4. The molecule has 1 saturated heterocycles. The van der Waals surface area contributed by atoms with Crippen molar-refractivity contribution in [1.29, 1.82) is 0 Å². The monoisotopic (exact) mass is 325 g/mol. The summed E-state index contributed by atoms with van der Waals surface area (Å²) in [7, 11) is -4.89. The molecule has 1 aromatic heterocycles. The number of rotatable bonds is 3. The van der Waals surface area contributed by atoms with Gasteiger partial charge in [-0.05, 0) is 6.07 Å². The quantitative estimate of drug-likeness (QED) is 0.475. The number of hydrogen-bond acceptors (Lipinski definition) is 6. The van der Waals surface area contributed by atoms with Gasteiger partial charge in [0.25, 0.3) is 0 Å². The number of amides is 3. The van der Waals surface area contributed by atoms with Crippen LogP contribution < -0.4 is 29.6 Å². The molecule has 0 unspecified atom stereocenters. The van der Waals surface area contributed by atoms with Crippen LogP contribution in [0, 0.1) is 0 Å². The zero-order valence-electron chi connectivity index (χ0n) is 10.7. The molecule has 10 nitrogen and oxygen atoms in total. The molecule has 2 N–H and O–H groups in total. The third-order valence-electron chi connectivity index (χ3n) is 3.16. The first-order valence-electron chi connectivity index (χ1n) is 5.39. The van der Waals surface area contributed by atoms with Gasteiger partial charge in [0.05, 0.1) is 18.7 Å². The van der Waals surface area contributed by atoms with Crippen LogP contribution in [0.25, 0.3) is 5.73 Å². The average molecular weight is 325 g/mol. The minimum atomic E-state index is -4.89. The number of urea groups is 1. The number of nitrogens with zero attached hydrogens (tertiary/aromatic N) is 2. The van der Waals surface area contributed by atoms with Crippen LogP contribution in [-0.2, 0) is 19.5 Å². The van der Waals surface area contributed by atoms with Gasteiger partial charge < -0.3 is 19.8 Å². The second-order valence-electron chi connectivity index (χ2n) is 4.29. The molecule has 2 aliphatic rings. The number of carbonyl (C=O) groups is 2. The summed E-state index contributed by atoms with van der Waals surface area (Å²) in [5.74, 6) is -0.974. The van der Waals surface area contributed by atoms with E-state index in [4.69, 9.17) is 14.7 Å². The van der Waals surface area contributed by atoms with Crippen LogP contribution in [-0.4, -0.2) is 41.4 Å². The SMILES string of the molecule is [NH-]C(=O)[C@@H]1c2occc2[C@H]2CN1C(=O)N2OS(=O)(=O)O.[Na+]. The van der Waals surface area contributed by atoms with Crippen molar-refractivity contribution in [3.63, 3.8) is 0 Å². The van der Waals surface area contributed by atoms with Gasteiger partial charge in [0.1, 0.15) is 17.8 Å². The average Bonchev–Trinajstić information content (AvgIpc) is 2.88. The van der Waals surface area contributed by atoms with Crippen LogP contribution in [0.4, 0.5) is 4.79 Å².